The first kappa shape index (κ1) is 15.4. The molecule has 0 aromatic carbocycles. The molecule has 1 aliphatic heterocycles. The zero-order valence-corrected chi connectivity index (χ0v) is 12.2. The maximum atomic E-state index is 12.1. The molecule has 1 amide bonds. The van der Waals surface area contributed by atoms with E-state index < -0.39 is 0 Å². The van der Waals surface area contributed by atoms with Crippen LogP contribution in [0.1, 0.15) is 46.5 Å². The third kappa shape index (κ3) is 4.58. The molecule has 1 saturated heterocycles. The fourth-order valence-electron chi connectivity index (χ4n) is 2.61. The van der Waals surface area contributed by atoms with Gasteiger partial charge in [0.1, 0.15) is 0 Å². The Morgan fingerprint density at radius 1 is 1.17 bits per heavy atom. The second-order valence-corrected chi connectivity index (χ2v) is 5.27. The summed E-state index contributed by atoms with van der Waals surface area (Å²) in [7, 11) is 0. The van der Waals surface area contributed by atoms with Crippen molar-refractivity contribution in [2.75, 3.05) is 32.7 Å². The van der Waals surface area contributed by atoms with Crippen molar-refractivity contribution in [3.05, 3.63) is 0 Å². The molecule has 106 valence electrons. The molecule has 18 heavy (non-hydrogen) atoms. The van der Waals surface area contributed by atoms with Crippen molar-refractivity contribution < 1.29 is 4.79 Å². The number of nitrogens with one attached hydrogen (secondary N) is 2. The second kappa shape index (κ2) is 7.74. The summed E-state index contributed by atoms with van der Waals surface area (Å²) in [4.78, 5) is 14.4. The van der Waals surface area contributed by atoms with Crippen LogP contribution in [0.4, 0.5) is 0 Å². The van der Waals surface area contributed by atoms with E-state index in [1.165, 1.54) is 0 Å². The maximum Gasteiger partial charge on any atom is 0.234 e. The predicted molar refractivity (Wildman–Crippen MR) is 75.7 cm³/mol. The molecule has 1 rings (SSSR count). The third-order valence-corrected chi connectivity index (χ3v) is 4.23. The minimum absolute atomic E-state index is 0.00117. The highest BCUT2D eigenvalue weighted by Gasteiger charge is 2.26. The van der Waals surface area contributed by atoms with Crippen LogP contribution in [-0.2, 0) is 4.79 Å². The van der Waals surface area contributed by atoms with Gasteiger partial charge in [-0.3, -0.25) is 9.69 Å². The van der Waals surface area contributed by atoms with Crippen LogP contribution in [0.25, 0.3) is 0 Å². The summed E-state index contributed by atoms with van der Waals surface area (Å²) in [5.41, 5.74) is 0.00117. The first-order chi connectivity index (χ1) is 8.65. The van der Waals surface area contributed by atoms with Crippen LogP contribution in [0.5, 0.6) is 0 Å². The summed E-state index contributed by atoms with van der Waals surface area (Å²) in [5.74, 6) is 0.183. The Labute approximate surface area is 111 Å². The van der Waals surface area contributed by atoms with Gasteiger partial charge in [-0.05, 0) is 38.8 Å². The van der Waals surface area contributed by atoms with Crippen molar-refractivity contribution in [1.29, 1.82) is 0 Å². The minimum Gasteiger partial charge on any atom is -0.350 e. The summed E-state index contributed by atoms with van der Waals surface area (Å²) in [5, 5.41) is 6.61. The number of rotatable bonds is 6. The minimum atomic E-state index is 0.00117. The molecular weight excluding hydrogens is 226 g/mol. The quantitative estimate of drug-likeness (QED) is 0.753. The van der Waals surface area contributed by atoms with E-state index in [-0.39, 0.29) is 11.4 Å². The van der Waals surface area contributed by atoms with E-state index in [2.05, 4.69) is 36.3 Å². The Morgan fingerprint density at radius 2 is 1.83 bits per heavy atom. The lowest BCUT2D eigenvalue weighted by Crippen LogP contribution is -2.50. The normalized spacial score (nSPS) is 18.4. The lowest BCUT2D eigenvalue weighted by molar-refractivity contribution is -0.124. The van der Waals surface area contributed by atoms with E-state index in [4.69, 9.17) is 0 Å². The summed E-state index contributed by atoms with van der Waals surface area (Å²) < 4.78 is 0. The summed E-state index contributed by atoms with van der Waals surface area (Å²) in [6, 6.07) is 0. The van der Waals surface area contributed by atoms with Gasteiger partial charge >= 0.3 is 0 Å². The zero-order chi connectivity index (χ0) is 13.4. The zero-order valence-electron chi connectivity index (χ0n) is 12.2. The molecule has 0 unspecified atom stereocenters. The summed E-state index contributed by atoms with van der Waals surface area (Å²) >= 11 is 0. The molecule has 0 bridgehead atoms. The second-order valence-electron chi connectivity index (χ2n) is 5.27. The number of amides is 1. The molecule has 0 aromatic heterocycles. The van der Waals surface area contributed by atoms with Crippen molar-refractivity contribution in [2.45, 2.75) is 52.0 Å². The number of hydrogen-bond donors (Lipinski definition) is 2. The highest BCUT2D eigenvalue weighted by Crippen LogP contribution is 2.19. The smallest absolute Gasteiger partial charge is 0.234 e. The Kier molecular flexibility index (Phi) is 6.65. The number of carbonyl (C=O) groups excluding carboxylic acids is 1. The van der Waals surface area contributed by atoms with Gasteiger partial charge < -0.3 is 10.6 Å². The first-order valence-corrected chi connectivity index (χ1v) is 7.40. The van der Waals surface area contributed by atoms with Gasteiger partial charge in [-0.15, -0.1) is 0 Å². The van der Waals surface area contributed by atoms with Crippen molar-refractivity contribution >= 4 is 5.91 Å². The molecule has 2 N–H and O–H groups in total. The van der Waals surface area contributed by atoms with E-state index in [9.17, 15) is 4.79 Å². The van der Waals surface area contributed by atoms with Gasteiger partial charge in [-0.1, -0.05) is 20.8 Å². The monoisotopic (exact) mass is 255 g/mol. The number of nitrogens with zero attached hydrogens (tertiary/aromatic N) is 1. The van der Waals surface area contributed by atoms with E-state index in [1.54, 1.807) is 0 Å². The lowest BCUT2D eigenvalue weighted by atomic mass is 9.90. The van der Waals surface area contributed by atoms with Gasteiger partial charge in [-0.25, -0.2) is 0 Å². The standard InChI is InChI=1S/C14H29N3O/c1-4-14(5-2,6-3)16-13(18)12-17-10-7-8-15-9-11-17/h15H,4-12H2,1-3H3,(H,16,18). The summed E-state index contributed by atoms with van der Waals surface area (Å²) in [6.45, 7) is 11.1. The highest BCUT2D eigenvalue weighted by atomic mass is 16.2. The molecule has 0 saturated carbocycles. The number of hydrogen-bond acceptors (Lipinski definition) is 3. The molecule has 0 radical (unpaired) electrons. The van der Waals surface area contributed by atoms with Crippen LogP contribution in [-0.4, -0.2) is 49.1 Å². The van der Waals surface area contributed by atoms with Crippen LogP contribution in [0.2, 0.25) is 0 Å². The van der Waals surface area contributed by atoms with Crippen molar-refractivity contribution in [3.8, 4) is 0 Å². The van der Waals surface area contributed by atoms with Crippen LogP contribution in [0.15, 0.2) is 0 Å². The first-order valence-electron chi connectivity index (χ1n) is 7.40. The van der Waals surface area contributed by atoms with Crippen molar-refractivity contribution in [1.82, 2.24) is 15.5 Å². The Balaban J connectivity index is 2.43. The molecule has 0 atom stereocenters. The molecule has 4 nitrogen and oxygen atoms in total. The maximum absolute atomic E-state index is 12.1. The average Bonchev–Trinajstić information content (AvgIpc) is 2.65. The molecule has 4 heteroatoms. The predicted octanol–water partition coefficient (Wildman–Crippen LogP) is 1.37. The molecule has 1 fully saturated rings. The van der Waals surface area contributed by atoms with E-state index in [0.29, 0.717) is 6.54 Å². The van der Waals surface area contributed by atoms with Crippen LogP contribution < -0.4 is 10.6 Å². The van der Waals surface area contributed by atoms with E-state index >= 15 is 0 Å². The molecule has 1 aliphatic rings. The molecule has 0 spiro atoms. The van der Waals surface area contributed by atoms with E-state index in [0.717, 1.165) is 51.9 Å². The highest BCUT2D eigenvalue weighted by molar-refractivity contribution is 5.78. The van der Waals surface area contributed by atoms with Crippen molar-refractivity contribution in [3.63, 3.8) is 0 Å². The van der Waals surface area contributed by atoms with Crippen molar-refractivity contribution in [2.24, 2.45) is 0 Å². The Hall–Kier alpha value is -0.610. The molecule has 0 aliphatic carbocycles. The van der Waals surface area contributed by atoms with Crippen LogP contribution in [0, 0.1) is 0 Å². The largest absolute Gasteiger partial charge is 0.350 e. The molecule has 0 aromatic rings. The molecule has 1 heterocycles. The van der Waals surface area contributed by atoms with Gasteiger partial charge in [0.2, 0.25) is 5.91 Å². The van der Waals surface area contributed by atoms with Gasteiger partial charge in [0.05, 0.1) is 6.54 Å². The van der Waals surface area contributed by atoms with Crippen LogP contribution >= 0.6 is 0 Å². The van der Waals surface area contributed by atoms with E-state index in [1.807, 2.05) is 0 Å². The Bertz CT molecular complexity index is 235. The third-order valence-electron chi connectivity index (χ3n) is 4.23. The van der Waals surface area contributed by atoms with Gasteiger partial charge in [0.25, 0.3) is 0 Å². The van der Waals surface area contributed by atoms with Crippen LogP contribution in [0.3, 0.4) is 0 Å². The fraction of sp³-hybridized carbons (Fsp3) is 0.929. The van der Waals surface area contributed by atoms with Gasteiger partial charge in [-0.2, -0.15) is 0 Å². The Morgan fingerprint density at radius 3 is 2.44 bits per heavy atom. The SMILES string of the molecule is CCC(CC)(CC)NC(=O)CN1CCCNCC1. The number of carbonyl (C=O) groups is 1. The summed E-state index contributed by atoms with van der Waals surface area (Å²) in [6.07, 6.45) is 4.15. The lowest BCUT2D eigenvalue weighted by Gasteiger charge is -2.33. The van der Waals surface area contributed by atoms with Gasteiger partial charge in [0.15, 0.2) is 0 Å². The topological polar surface area (TPSA) is 44.4 Å². The molecular formula is C14H29N3O. The fourth-order valence-corrected chi connectivity index (χ4v) is 2.61. The average molecular weight is 255 g/mol. The van der Waals surface area contributed by atoms with Gasteiger partial charge in [0, 0.05) is 18.6 Å².